The first-order valence-corrected chi connectivity index (χ1v) is 6.48. The molecule has 0 bridgehead atoms. The third-order valence-corrected chi connectivity index (χ3v) is 2.95. The van der Waals surface area contributed by atoms with E-state index in [0.29, 0.717) is 11.4 Å². The van der Waals surface area contributed by atoms with Gasteiger partial charge in [0.1, 0.15) is 11.6 Å². The van der Waals surface area contributed by atoms with Gasteiger partial charge in [-0.25, -0.2) is 14.2 Å². The van der Waals surface area contributed by atoms with Gasteiger partial charge in [-0.15, -0.1) is 0 Å². The van der Waals surface area contributed by atoms with Gasteiger partial charge in [-0.3, -0.25) is 5.32 Å². The third kappa shape index (κ3) is 4.25. The lowest BCUT2D eigenvalue weighted by molar-refractivity contribution is 0.139. The van der Waals surface area contributed by atoms with Crippen LogP contribution in [-0.4, -0.2) is 22.2 Å². The molecule has 2 rings (SSSR count). The van der Waals surface area contributed by atoms with E-state index in [2.05, 4.69) is 15.6 Å². The van der Waals surface area contributed by atoms with Crippen molar-refractivity contribution in [2.75, 3.05) is 5.32 Å². The number of hydrogen-bond donors (Lipinski definition) is 3. The summed E-state index contributed by atoms with van der Waals surface area (Å²) in [4.78, 5) is 15.7. The number of nitrogens with zero attached hydrogens (tertiary/aromatic N) is 1. The zero-order valence-corrected chi connectivity index (χ0v) is 11.5. The lowest BCUT2D eigenvalue weighted by atomic mass is 10.0. The highest BCUT2D eigenvalue weighted by molar-refractivity contribution is 5.88. The van der Waals surface area contributed by atoms with Crippen LogP contribution in [0.4, 0.5) is 15.0 Å². The largest absolute Gasteiger partial charge is 0.386 e. The number of benzene rings is 1. The molecule has 0 saturated heterocycles. The Morgan fingerprint density at radius 1 is 1.24 bits per heavy atom. The number of anilines is 1. The van der Waals surface area contributed by atoms with Crippen molar-refractivity contribution in [3.63, 3.8) is 0 Å². The zero-order valence-electron chi connectivity index (χ0n) is 11.5. The molecule has 1 heterocycles. The number of aliphatic hydroxyl groups is 1. The first-order chi connectivity index (χ1) is 10.1. The van der Waals surface area contributed by atoms with E-state index in [4.69, 9.17) is 0 Å². The Balaban J connectivity index is 1.92. The van der Waals surface area contributed by atoms with Gasteiger partial charge in [-0.1, -0.05) is 18.2 Å². The van der Waals surface area contributed by atoms with Gasteiger partial charge < -0.3 is 10.4 Å². The van der Waals surface area contributed by atoms with E-state index < -0.39 is 18.2 Å². The van der Waals surface area contributed by atoms with Crippen molar-refractivity contribution in [1.82, 2.24) is 10.3 Å². The first-order valence-electron chi connectivity index (χ1n) is 6.48. The molecular formula is C15H16FN3O2. The van der Waals surface area contributed by atoms with E-state index in [0.717, 1.165) is 0 Å². The average Bonchev–Trinajstić information content (AvgIpc) is 2.48. The molecule has 5 nitrogen and oxygen atoms in total. The normalized spacial score (nSPS) is 13.3. The quantitative estimate of drug-likeness (QED) is 0.809. The number of rotatable bonds is 4. The van der Waals surface area contributed by atoms with Crippen LogP contribution in [0.5, 0.6) is 0 Å². The molecule has 0 unspecified atom stereocenters. The maximum atomic E-state index is 12.8. The predicted molar refractivity (Wildman–Crippen MR) is 77.2 cm³/mol. The number of aromatic nitrogens is 1. The topological polar surface area (TPSA) is 74.2 Å². The van der Waals surface area contributed by atoms with E-state index in [1.54, 1.807) is 31.3 Å². The Kier molecular flexibility index (Phi) is 4.84. The summed E-state index contributed by atoms with van der Waals surface area (Å²) in [6, 6.07) is 9.62. The summed E-state index contributed by atoms with van der Waals surface area (Å²) in [6.07, 6.45) is 0.631. The van der Waals surface area contributed by atoms with Crippen molar-refractivity contribution in [2.24, 2.45) is 0 Å². The van der Waals surface area contributed by atoms with Gasteiger partial charge in [0.2, 0.25) is 0 Å². The molecule has 6 heteroatoms. The van der Waals surface area contributed by atoms with Crippen LogP contribution in [0, 0.1) is 5.82 Å². The lowest BCUT2D eigenvalue weighted by Crippen LogP contribution is -2.39. The van der Waals surface area contributed by atoms with Crippen molar-refractivity contribution in [2.45, 2.75) is 19.1 Å². The van der Waals surface area contributed by atoms with Gasteiger partial charge >= 0.3 is 6.03 Å². The molecule has 1 aromatic heterocycles. The number of carbonyl (C=O) groups excluding carboxylic acids is 1. The number of hydrogen-bond acceptors (Lipinski definition) is 3. The van der Waals surface area contributed by atoms with E-state index in [-0.39, 0.29) is 5.82 Å². The molecule has 0 radical (unpaired) electrons. The second-order valence-corrected chi connectivity index (χ2v) is 4.60. The van der Waals surface area contributed by atoms with Gasteiger partial charge in [0, 0.05) is 6.20 Å². The molecule has 0 saturated carbocycles. The molecular weight excluding hydrogens is 273 g/mol. The minimum atomic E-state index is -0.930. The second kappa shape index (κ2) is 6.81. The highest BCUT2D eigenvalue weighted by Gasteiger charge is 2.18. The average molecular weight is 289 g/mol. The fraction of sp³-hybridized carbons (Fsp3) is 0.200. The maximum Gasteiger partial charge on any atom is 0.320 e. The summed E-state index contributed by atoms with van der Waals surface area (Å²) in [6.45, 7) is 1.66. The van der Waals surface area contributed by atoms with Gasteiger partial charge in [0.25, 0.3) is 0 Å². The van der Waals surface area contributed by atoms with E-state index in [9.17, 15) is 14.3 Å². The van der Waals surface area contributed by atoms with E-state index in [1.807, 2.05) is 0 Å². The van der Waals surface area contributed by atoms with Crippen LogP contribution in [0.25, 0.3) is 0 Å². The van der Waals surface area contributed by atoms with Gasteiger partial charge in [0.15, 0.2) is 0 Å². The Labute approximate surface area is 121 Å². The van der Waals surface area contributed by atoms with Crippen molar-refractivity contribution in [3.8, 4) is 0 Å². The Bertz CT molecular complexity index is 590. The minimum absolute atomic E-state index is 0.376. The van der Waals surface area contributed by atoms with E-state index >= 15 is 0 Å². The molecule has 1 aromatic carbocycles. The maximum absolute atomic E-state index is 12.8. The number of carbonyl (C=O) groups is 1. The van der Waals surface area contributed by atoms with Crippen LogP contribution in [0.1, 0.15) is 18.6 Å². The molecule has 21 heavy (non-hydrogen) atoms. The summed E-state index contributed by atoms with van der Waals surface area (Å²) in [5, 5.41) is 15.3. The first kappa shape index (κ1) is 14.9. The molecule has 2 amide bonds. The molecule has 110 valence electrons. The molecule has 0 aliphatic rings. The number of amides is 2. The van der Waals surface area contributed by atoms with Crippen LogP contribution >= 0.6 is 0 Å². The van der Waals surface area contributed by atoms with Gasteiger partial charge in [0.05, 0.1) is 12.1 Å². The van der Waals surface area contributed by atoms with Gasteiger partial charge in [-0.05, 0) is 36.8 Å². The van der Waals surface area contributed by atoms with Crippen molar-refractivity contribution in [1.29, 1.82) is 0 Å². The Morgan fingerprint density at radius 3 is 2.57 bits per heavy atom. The van der Waals surface area contributed by atoms with Crippen LogP contribution in [0.2, 0.25) is 0 Å². The zero-order chi connectivity index (χ0) is 15.2. The molecule has 0 aliphatic carbocycles. The van der Waals surface area contributed by atoms with Crippen molar-refractivity contribution in [3.05, 3.63) is 60.0 Å². The third-order valence-electron chi connectivity index (χ3n) is 2.95. The Hall–Kier alpha value is -2.47. The number of nitrogens with one attached hydrogen (secondary N) is 2. The number of halogens is 1. The summed E-state index contributed by atoms with van der Waals surface area (Å²) in [7, 11) is 0. The number of aliphatic hydroxyl groups excluding tert-OH is 1. The SMILES string of the molecule is C[C@H](NC(=O)Nc1ccccn1)[C@@H](O)c1ccc(F)cc1. The highest BCUT2D eigenvalue weighted by Crippen LogP contribution is 2.17. The Morgan fingerprint density at radius 2 is 1.95 bits per heavy atom. The second-order valence-electron chi connectivity index (χ2n) is 4.60. The smallest absolute Gasteiger partial charge is 0.320 e. The molecule has 2 aromatic rings. The van der Waals surface area contributed by atoms with Crippen LogP contribution < -0.4 is 10.6 Å². The number of urea groups is 1. The monoisotopic (exact) mass is 289 g/mol. The van der Waals surface area contributed by atoms with E-state index in [1.165, 1.54) is 24.3 Å². The number of pyridine rings is 1. The lowest BCUT2D eigenvalue weighted by Gasteiger charge is -2.20. The van der Waals surface area contributed by atoms with Crippen molar-refractivity contribution < 1.29 is 14.3 Å². The molecule has 3 N–H and O–H groups in total. The van der Waals surface area contributed by atoms with Crippen LogP contribution in [-0.2, 0) is 0 Å². The molecule has 0 fully saturated rings. The van der Waals surface area contributed by atoms with Crippen LogP contribution in [0.15, 0.2) is 48.7 Å². The fourth-order valence-corrected chi connectivity index (χ4v) is 1.82. The summed E-state index contributed by atoms with van der Waals surface area (Å²) < 4.78 is 12.8. The molecule has 0 spiro atoms. The van der Waals surface area contributed by atoms with Crippen LogP contribution in [0.3, 0.4) is 0 Å². The van der Waals surface area contributed by atoms with Crippen molar-refractivity contribution >= 4 is 11.8 Å². The standard InChI is InChI=1S/C15H16FN3O2/c1-10(14(20)11-5-7-12(16)8-6-11)18-15(21)19-13-4-2-3-9-17-13/h2-10,14,20H,1H3,(H2,17,18,19,21)/t10-,14+/m0/s1. The summed E-state index contributed by atoms with van der Waals surface area (Å²) in [5.41, 5.74) is 0.530. The predicted octanol–water partition coefficient (Wildman–Crippen LogP) is 2.46. The fourth-order valence-electron chi connectivity index (χ4n) is 1.82. The summed E-state index contributed by atoms with van der Waals surface area (Å²) >= 11 is 0. The van der Waals surface area contributed by atoms with Gasteiger partial charge in [-0.2, -0.15) is 0 Å². The molecule has 0 aliphatic heterocycles. The summed E-state index contributed by atoms with van der Waals surface area (Å²) in [5.74, 6) is 0.0397. The molecule has 2 atom stereocenters. The minimum Gasteiger partial charge on any atom is -0.386 e. The highest BCUT2D eigenvalue weighted by atomic mass is 19.1.